The van der Waals surface area contributed by atoms with E-state index in [9.17, 15) is 4.79 Å². The number of rotatable bonds is 8. The summed E-state index contributed by atoms with van der Waals surface area (Å²) in [7, 11) is 3.41. The van der Waals surface area contributed by atoms with Crippen molar-refractivity contribution in [1.82, 2.24) is 10.2 Å². The predicted octanol–water partition coefficient (Wildman–Crippen LogP) is 1.78. The van der Waals surface area contributed by atoms with Crippen LogP contribution in [0, 0.1) is 0 Å². The second-order valence-electron chi connectivity index (χ2n) is 4.29. The second kappa shape index (κ2) is 9.22. The molecule has 0 aromatic heterocycles. The third-order valence-electron chi connectivity index (χ3n) is 2.70. The molecule has 0 bridgehead atoms. The summed E-state index contributed by atoms with van der Waals surface area (Å²) in [6.07, 6.45) is 0.906. The Morgan fingerprint density at radius 3 is 2.68 bits per heavy atom. The van der Waals surface area contributed by atoms with Crippen LogP contribution in [-0.2, 0) is 4.74 Å². The molecule has 1 aromatic carbocycles. The summed E-state index contributed by atoms with van der Waals surface area (Å²) >= 11 is 0. The average Bonchev–Trinajstić information content (AvgIpc) is 2.44. The van der Waals surface area contributed by atoms with Gasteiger partial charge in [0.2, 0.25) is 0 Å². The number of hydrogen-bond donors (Lipinski definition) is 2. The molecule has 0 atom stereocenters. The molecule has 0 aliphatic heterocycles. The fourth-order valence-electron chi connectivity index (χ4n) is 1.60. The van der Waals surface area contributed by atoms with E-state index in [1.165, 1.54) is 0 Å². The van der Waals surface area contributed by atoms with Crippen LogP contribution in [0.15, 0.2) is 30.3 Å². The molecule has 0 radical (unpaired) electrons. The molecule has 2 N–H and O–H groups in total. The zero-order valence-corrected chi connectivity index (χ0v) is 11.7. The van der Waals surface area contributed by atoms with E-state index < -0.39 is 0 Å². The Hall–Kier alpha value is -1.75. The van der Waals surface area contributed by atoms with Gasteiger partial charge in [-0.15, -0.1) is 0 Å². The summed E-state index contributed by atoms with van der Waals surface area (Å²) in [4.78, 5) is 13.3. The van der Waals surface area contributed by atoms with Crippen LogP contribution in [-0.4, -0.2) is 51.3 Å². The maximum atomic E-state index is 11.6. The fourth-order valence-corrected chi connectivity index (χ4v) is 1.60. The molecule has 1 aromatic rings. The molecule has 1 rings (SSSR count). The van der Waals surface area contributed by atoms with E-state index in [0.29, 0.717) is 13.2 Å². The molecule has 106 valence electrons. The smallest absolute Gasteiger partial charge is 0.317 e. The Bertz CT molecular complexity index is 357. The lowest BCUT2D eigenvalue weighted by Gasteiger charge is -2.18. The zero-order chi connectivity index (χ0) is 13.9. The predicted molar refractivity (Wildman–Crippen MR) is 77.5 cm³/mol. The SMILES string of the molecule is COCCNC(=O)N(C)CCCNc1ccccc1. The Balaban J connectivity index is 2.09. The lowest BCUT2D eigenvalue weighted by Crippen LogP contribution is -2.39. The quantitative estimate of drug-likeness (QED) is 0.704. The van der Waals surface area contributed by atoms with Crippen molar-refractivity contribution in [2.45, 2.75) is 6.42 Å². The molecule has 0 saturated heterocycles. The van der Waals surface area contributed by atoms with Crippen molar-refractivity contribution in [3.05, 3.63) is 30.3 Å². The number of ether oxygens (including phenoxy) is 1. The minimum atomic E-state index is -0.0586. The first-order valence-electron chi connectivity index (χ1n) is 6.51. The number of nitrogens with one attached hydrogen (secondary N) is 2. The molecule has 0 unspecified atom stereocenters. The van der Waals surface area contributed by atoms with Gasteiger partial charge in [0, 0.05) is 39.5 Å². The van der Waals surface area contributed by atoms with E-state index in [4.69, 9.17) is 4.74 Å². The Labute approximate surface area is 114 Å². The average molecular weight is 265 g/mol. The molecule has 0 aliphatic rings. The van der Waals surface area contributed by atoms with Crippen LogP contribution in [0.5, 0.6) is 0 Å². The molecular formula is C14H23N3O2. The minimum Gasteiger partial charge on any atom is -0.385 e. The standard InChI is InChI=1S/C14H23N3O2/c1-17(14(18)16-10-12-19-2)11-6-9-15-13-7-4-3-5-8-13/h3-5,7-8,15H,6,9-12H2,1-2H3,(H,16,18). The molecule has 2 amide bonds. The van der Waals surface area contributed by atoms with Crippen molar-refractivity contribution in [3.8, 4) is 0 Å². The maximum absolute atomic E-state index is 11.6. The van der Waals surface area contributed by atoms with E-state index in [-0.39, 0.29) is 6.03 Å². The summed E-state index contributed by atoms with van der Waals surface area (Å²) in [5.74, 6) is 0. The van der Waals surface area contributed by atoms with Gasteiger partial charge in [0.15, 0.2) is 0 Å². The van der Waals surface area contributed by atoms with Gasteiger partial charge in [-0.3, -0.25) is 0 Å². The number of anilines is 1. The number of methoxy groups -OCH3 is 1. The van der Waals surface area contributed by atoms with Gasteiger partial charge in [0.05, 0.1) is 6.61 Å². The lowest BCUT2D eigenvalue weighted by atomic mass is 10.3. The largest absolute Gasteiger partial charge is 0.385 e. The van der Waals surface area contributed by atoms with Gasteiger partial charge in [-0.1, -0.05) is 18.2 Å². The van der Waals surface area contributed by atoms with Crippen LogP contribution >= 0.6 is 0 Å². The highest BCUT2D eigenvalue weighted by Crippen LogP contribution is 2.04. The van der Waals surface area contributed by atoms with Crippen LogP contribution in [0.1, 0.15) is 6.42 Å². The second-order valence-corrected chi connectivity index (χ2v) is 4.29. The Morgan fingerprint density at radius 1 is 1.26 bits per heavy atom. The van der Waals surface area contributed by atoms with Crippen LogP contribution in [0.2, 0.25) is 0 Å². The lowest BCUT2D eigenvalue weighted by molar-refractivity contribution is 0.185. The van der Waals surface area contributed by atoms with Crippen molar-refractivity contribution in [1.29, 1.82) is 0 Å². The third kappa shape index (κ3) is 6.67. The molecular weight excluding hydrogens is 242 g/mol. The number of urea groups is 1. The van der Waals surface area contributed by atoms with Crippen LogP contribution < -0.4 is 10.6 Å². The monoisotopic (exact) mass is 265 g/mol. The molecule has 0 heterocycles. The van der Waals surface area contributed by atoms with Crippen molar-refractivity contribution >= 4 is 11.7 Å². The normalized spacial score (nSPS) is 10.0. The number of amides is 2. The summed E-state index contributed by atoms with van der Waals surface area (Å²) < 4.78 is 4.88. The van der Waals surface area contributed by atoms with Crippen LogP contribution in [0.4, 0.5) is 10.5 Å². The van der Waals surface area contributed by atoms with Crippen LogP contribution in [0.3, 0.4) is 0 Å². The molecule has 5 nitrogen and oxygen atoms in total. The van der Waals surface area contributed by atoms with E-state index in [1.54, 1.807) is 19.1 Å². The van der Waals surface area contributed by atoms with Gasteiger partial charge >= 0.3 is 6.03 Å². The Morgan fingerprint density at radius 2 is 2.00 bits per heavy atom. The summed E-state index contributed by atoms with van der Waals surface area (Å²) in [5.41, 5.74) is 1.11. The van der Waals surface area contributed by atoms with Gasteiger partial charge in [-0.25, -0.2) is 4.79 Å². The van der Waals surface area contributed by atoms with E-state index in [0.717, 1.165) is 25.2 Å². The topological polar surface area (TPSA) is 53.6 Å². The van der Waals surface area contributed by atoms with Gasteiger partial charge in [-0.05, 0) is 18.6 Å². The van der Waals surface area contributed by atoms with Gasteiger partial charge < -0.3 is 20.3 Å². The van der Waals surface area contributed by atoms with E-state index in [2.05, 4.69) is 10.6 Å². The highest BCUT2D eigenvalue weighted by molar-refractivity contribution is 5.73. The van der Waals surface area contributed by atoms with Crippen molar-refractivity contribution in [2.24, 2.45) is 0 Å². The number of para-hydroxylation sites is 1. The fraction of sp³-hybridized carbons (Fsp3) is 0.500. The number of carbonyl (C=O) groups is 1. The van der Waals surface area contributed by atoms with Crippen LogP contribution in [0.25, 0.3) is 0 Å². The highest BCUT2D eigenvalue weighted by Gasteiger charge is 2.06. The molecule has 0 aliphatic carbocycles. The molecule has 19 heavy (non-hydrogen) atoms. The number of hydrogen-bond acceptors (Lipinski definition) is 3. The first-order chi connectivity index (χ1) is 9.24. The zero-order valence-electron chi connectivity index (χ0n) is 11.7. The molecule has 0 spiro atoms. The van der Waals surface area contributed by atoms with E-state index >= 15 is 0 Å². The number of benzene rings is 1. The van der Waals surface area contributed by atoms with Gasteiger partial charge in [-0.2, -0.15) is 0 Å². The molecule has 0 fully saturated rings. The van der Waals surface area contributed by atoms with E-state index in [1.807, 2.05) is 30.3 Å². The minimum absolute atomic E-state index is 0.0586. The van der Waals surface area contributed by atoms with Crippen molar-refractivity contribution in [2.75, 3.05) is 45.7 Å². The summed E-state index contributed by atoms with van der Waals surface area (Å²) in [6.45, 7) is 2.65. The molecule has 0 saturated carbocycles. The number of carbonyl (C=O) groups excluding carboxylic acids is 1. The van der Waals surface area contributed by atoms with Crippen molar-refractivity contribution in [3.63, 3.8) is 0 Å². The van der Waals surface area contributed by atoms with Gasteiger partial charge in [0.1, 0.15) is 0 Å². The number of nitrogens with zero attached hydrogens (tertiary/aromatic N) is 1. The first-order valence-corrected chi connectivity index (χ1v) is 6.51. The maximum Gasteiger partial charge on any atom is 0.317 e. The summed E-state index contributed by atoms with van der Waals surface area (Å²) in [6, 6.07) is 9.98. The highest BCUT2D eigenvalue weighted by atomic mass is 16.5. The first kappa shape index (κ1) is 15.3. The van der Waals surface area contributed by atoms with Crippen molar-refractivity contribution < 1.29 is 9.53 Å². The summed E-state index contributed by atoms with van der Waals surface area (Å²) in [5, 5.41) is 6.10. The van der Waals surface area contributed by atoms with Gasteiger partial charge in [0.25, 0.3) is 0 Å². The molecule has 5 heteroatoms. The Kier molecular flexibility index (Phi) is 7.43. The third-order valence-corrected chi connectivity index (χ3v) is 2.70.